The predicted octanol–water partition coefficient (Wildman–Crippen LogP) is 14.3. The maximum Gasteiger partial charge on any atom is 0.0729 e. The highest BCUT2D eigenvalue weighted by Gasteiger charge is 2.36. The van der Waals surface area contributed by atoms with Crippen LogP contribution < -0.4 is 0 Å². The van der Waals surface area contributed by atoms with E-state index in [-0.39, 0.29) is 5.41 Å². The Hall–Kier alpha value is -7.16. The summed E-state index contributed by atoms with van der Waals surface area (Å²) in [5.74, 6) is 0. The zero-order chi connectivity index (χ0) is 38.5. The number of fused-ring (bicyclic) bond motifs is 6. The van der Waals surface area contributed by atoms with Gasteiger partial charge in [-0.1, -0.05) is 172 Å². The normalized spacial score (nSPS) is 13.3. The van der Waals surface area contributed by atoms with Crippen LogP contribution in [0.25, 0.3) is 71.4 Å². The Morgan fingerprint density at radius 1 is 0.474 bits per heavy atom. The SMILES string of the molecule is CC1(C)c2cc(-c3cccc(-c4ccc(/C(=C/C(=N)c5ccc6ccccc6c5)N=Cc5ccccc5)c5ccccc45)c3)ccc2-c2cc3ccccc3cc21. The minimum Gasteiger partial charge on any atom is -0.300 e. The molecule has 0 aromatic heterocycles. The van der Waals surface area contributed by atoms with E-state index in [9.17, 15) is 5.41 Å². The van der Waals surface area contributed by atoms with Gasteiger partial charge in [0.15, 0.2) is 0 Å². The number of hydrogen-bond acceptors (Lipinski definition) is 2. The smallest absolute Gasteiger partial charge is 0.0729 e. The van der Waals surface area contributed by atoms with Crippen molar-refractivity contribution in [3.8, 4) is 33.4 Å². The van der Waals surface area contributed by atoms with Crippen molar-refractivity contribution in [2.45, 2.75) is 19.3 Å². The van der Waals surface area contributed by atoms with Gasteiger partial charge in [0, 0.05) is 22.8 Å². The van der Waals surface area contributed by atoms with Crippen LogP contribution >= 0.6 is 0 Å². The van der Waals surface area contributed by atoms with E-state index in [0.717, 1.165) is 55.1 Å². The van der Waals surface area contributed by atoms with Crippen LogP contribution in [0.3, 0.4) is 0 Å². The molecule has 2 heteroatoms. The van der Waals surface area contributed by atoms with Gasteiger partial charge in [0.25, 0.3) is 0 Å². The zero-order valence-electron chi connectivity index (χ0n) is 32.0. The lowest BCUT2D eigenvalue weighted by Crippen LogP contribution is -2.15. The van der Waals surface area contributed by atoms with Gasteiger partial charge in [-0.05, 0) is 119 Å². The summed E-state index contributed by atoms with van der Waals surface area (Å²) in [4.78, 5) is 5.06. The van der Waals surface area contributed by atoms with Gasteiger partial charge in [0.2, 0.25) is 0 Å². The number of nitrogens with one attached hydrogen (secondary N) is 1. The van der Waals surface area contributed by atoms with Crippen LogP contribution in [-0.2, 0) is 5.41 Å². The molecule has 270 valence electrons. The number of nitrogens with zero attached hydrogens (tertiary/aromatic N) is 1. The van der Waals surface area contributed by atoms with Gasteiger partial charge in [0.1, 0.15) is 0 Å². The highest BCUT2D eigenvalue weighted by molar-refractivity contribution is 6.14. The Labute approximate surface area is 333 Å². The molecule has 0 fully saturated rings. The Bertz CT molecular complexity index is 3110. The van der Waals surface area contributed by atoms with E-state index in [4.69, 9.17) is 4.99 Å². The predicted molar refractivity (Wildman–Crippen MR) is 243 cm³/mol. The van der Waals surface area contributed by atoms with Gasteiger partial charge < -0.3 is 5.41 Å². The summed E-state index contributed by atoms with van der Waals surface area (Å²) >= 11 is 0. The Morgan fingerprint density at radius 3 is 1.91 bits per heavy atom. The number of allylic oxidation sites excluding steroid dienone is 1. The molecule has 1 aliphatic rings. The monoisotopic (exact) mass is 728 g/mol. The summed E-state index contributed by atoms with van der Waals surface area (Å²) in [7, 11) is 0. The molecular formula is C55H40N2. The highest BCUT2D eigenvalue weighted by Crippen LogP contribution is 2.51. The standard InChI is InChI=1S/C55H40N2/c1-55(2)51-33-42(25-26-48(51)50-31-40-17-8-9-18-41(40)32-52(50)55)39-19-12-20-43(29-39)45-27-28-49(47-22-11-10-21-46(45)47)54(57-35-36-13-4-3-5-14-36)34-53(56)44-24-23-37-15-6-7-16-38(37)30-44/h3-35,56H,1-2H3/b54-34-,56-53?,57-35?. The first-order valence-corrected chi connectivity index (χ1v) is 19.6. The molecule has 0 unspecified atom stereocenters. The summed E-state index contributed by atoms with van der Waals surface area (Å²) in [6.45, 7) is 4.71. The van der Waals surface area contributed by atoms with Crippen LogP contribution in [-0.4, -0.2) is 11.9 Å². The fourth-order valence-corrected chi connectivity index (χ4v) is 8.69. The van der Waals surface area contributed by atoms with Crippen molar-refractivity contribution >= 4 is 49.9 Å². The lowest BCUT2D eigenvalue weighted by atomic mass is 9.81. The first-order chi connectivity index (χ1) is 27.9. The van der Waals surface area contributed by atoms with Crippen molar-refractivity contribution in [2.24, 2.45) is 4.99 Å². The third-order valence-corrected chi connectivity index (χ3v) is 11.7. The fourth-order valence-electron chi connectivity index (χ4n) is 8.69. The summed E-state index contributed by atoms with van der Waals surface area (Å²) in [6.07, 6.45) is 3.80. The lowest BCUT2D eigenvalue weighted by molar-refractivity contribution is 0.661. The van der Waals surface area contributed by atoms with Crippen LogP contribution in [0.5, 0.6) is 0 Å². The summed E-state index contributed by atoms with van der Waals surface area (Å²) < 4.78 is 0. The first-order valence-electron chi connectivity index (χ1n) is 19.6. The molecule has 57 heavy (non-hydrogen) atoms. The Kier molecular flexibility index (Phi) is 8.34. The molecule has 9 aromatic carbocycles. The zero-order valence-corrected chi connectivity index (χ0v) is 32.0. The van der Waals surface area contributed by atoms with Crippen LogP contribution in [0.4, 0.5) is 0 Å². The summed E-state index contributed by atoms with van der Waals surface area (Å²) in [5, 5.41) is 16.3. The van der Waals surface area contributed by atoms with Crippen LogP contribution in [0, 0.1) is 5.41 Å². The lowest BCUT2D eigenvalue weighted by Gasteiger charge is -2.22. The highest BCUT2D eigenvalue weighted by atomic mass is 14.7. The van der Waals surface area contributed by atoms with Crippen LogP contribution in [0.2, 0.25) is 0 Å². The van der Waals surface area contributed by atoms with Gasteiger partial charge >= 0.3 is 0 Å². The molecule has 0 saturated heterocycles. The van der Waals surface area contributed by atoms with Crippen molar-refractivity contribution in [2.75, 3.05) is 0 Å². The summed E-state index contributed by atoms with van der Waals surface area (Å²) in [6, 6.07) is 67.0. The molecule has 10 rings (SSSR count). The minimum atomic E-state index is -0.104. The molecule has 0 heterocycles. The number of hydrogen-bond donors (Lipinski definition) is 1. The maximum absolute atomic E-state index is 9.25. The second kappa shape index (κ2) is 13.8. The van der Waals surface area contributed by atoms with Gasteiger partial charge in [-0.15, -0.1) is 0 Å². The molecule has 2 nitrogen and oxygen atoms in total. The third kappa shape index (κ3) is 6.16. The van der Waals surface area contributed by atoms with Crippen LogP contribution in [0.1, 0.15) is 41.7 Å². The Morgan fingerprint density at radius 2 is 1.11 bits per heavy atom. The van der Waals surface area contributed by atoms with E-state index in [2.05, 4.69) is 153 Å². The van der Waals surface area contributed by atoms with Gasteiger partial charge in [-0.25, -0.2) is 0 Å². The van der Waals surface area contributed by atoms with E-state index in [1.807, 2.05) is 60.8 Å². The minimum absolute atomic E-state index is 0.104. The maximum atomic E-state index is 9.25. The number of aliphatic imine (C=N–C) groups is 1. The molecule has 0 amide bonds. The largest absolute Gasteiger partial charge is 0.300 e. The average Bonchev–Trinajstić information content (AvgIpc) is 3.48. The molecule has 0 aliphatic heterocycles. The van der Waals surface area contributed by atoms with E-state index in [1.165, 1.54) is 44.2 Å². The van der Waals surface area contributed by atoms with Gasteiger partial charge in [0.05, 0.1) is 11.4 Å². The molecule has 1 N–H and O–H groups in total. The first kappa shape index (κ1) is 34.3. The second-order valence-electron chi connectivity index (χ2n) is 15.6. The molecule has 0 spiro atoms. The molecule has 0 bridgehead atoms. The number of benzene rings is 9. The quantitative estimate of drug-likeness (QED) is 0.159. The molecule has 1 aliphatic carbocycles. The molecule has 9 aromatic rings. The van der Waals surface area contributed by atoms with E-state index in [0.29, 0.717) is 5.71 Å². The number of rotatable bonds is 7. The van der Waals surface area contributed by atoms with Gasteiger partial charge in [-0.3, -0.25) is 4.99 Å². The van der Waals surface area contributed by atoms with E-state index in [1.54, 1.807) is 0 Å². The molecule has 0 atom stereocenters. The van der Waals surface area contributed by atoms with Crippen molar-refractivity contribution in [3.63, 3.8) is 0 Å². The van der Waals surface area contributed by atoms with E-state index < -0.39 is 0 Å². The van der Waals surface area contributed by atoms with E-state index >= 15 is 0 Å². The van der Waals surface area contributed by atoms with Crippen molar-refractivity contribution in [3.05, 3.63) is 222 Å². The molecule has 0 radical (unpaired) electrons. The van der Waals surface area contributed by atoms with Gasteiger partial charge in [-0.2, -0.15) is 0 Å². The molecular weight excluding hydrogens is 689 g/mol. The average molecular weight is 729 g/mol. The third-order valence-electron chi connectivity index (χ3n) is 11.7. The Balaban J connectivity index is 1.05. The summed E-state index contributed by atoms with van der Waals surface area (Å²) in [5.41, 5.74) is 14.0. The van der Waals surface area contributed by atoms with Crippen molar-refractivity contribution in [1.29, 1.82) is 5.41 Å². The topological polar surface area (TPSA) is 36.2 Å². The van der Waals surface area contributed by atoms with Crippen molar-refractivity contribution in [1.82, 2.24) is 0 Å². The van der Waals surface area contributed by atoms with Crippen LogP contribution in [0.15, 0.2) is 199 Å². The second-order valence-corrected chi connectivity index (χ2v) is 15.6. The fraction of sp³-hybridized carbons (Fsp3) is 0.0545. The van der Waals surface area contributed by atoms with Crippen molar-refractivity contribution < 1.29 is 0 Å². The molecule has 0 saturated carbocycles.